The number of hydrogen-bond donors (Lipinski definition) is 1. The van der Waals surface area contributed by atoms with Crippen LogP contribution in [0.25, 0.3) is 11.1 Å². The molecule has 0 aliphatic carbocycles. The molecular formula is C29H32Cl2N4O3. The number of likely N-dealkylation sites (tertiary alicyclic amines) is 2. The molecule has 2 fully saturated rings. The van der Waals surface area contributed by atoms with Gasteiger partial charge >= 0.3 is 0 Å². The number of nitrogens with zero attached hydrogens (tertiary/aromatic N) is 3. The molecule has 2 N–H and O–H groups in total. The molecule has 2 aliphatic rings. The lowest BCUT2D eigenvalue weighted by Gasteiger charge is -2.28. The van der Waals surface area contributed by atoms with E-state index in [9.17, 15) is 4.79 Å². The Bertz CT molecular complexity index is 1240. The Hall–Kier alpha value is -3.00. The standard InChI is InChI=1S/C29H32Cl2N4O3/c30-25-6-3-7-26(31)24(25)18-38-27-15-21(16-33-29(27)32)20-8-10-23(11-9-20)37-19-28(36)35-14-4-5-22(35)17-34-12-1-2-13-34/h3,6-11,15-16,22H,1-2,4-5,12-14,17-19H2,(H2,32,33). The maximum atomic E-state index is 12.9. The SMILES string of the molecule is Nc1ncc(-c2ccc(OCC(=O)N3CCCC3CN3CCCC3)cc2)cc1OCc1c(Cl)cccc1Cl. The van der Waals surface area contributed by atoms with Crippen LogP contribution in [0.5, 0.6) is 11.5 Å². The quantitative estimate of drug-likeness (QED) is 0.366. The molecule has 38 heavy (non-hydrogen) atoms. The van der Waals surface area contributed by atoms with Gasteiger partial charge in [-0.1, -0.05) is 41.4 Å². The summed E-state index contributed by atoms with van der Waals surface area (Å²) in [6.45, 7) is 4.30. The first-order valence-corrected chi connectivity index (χ1v) is 13.8. The zero-order valence-electron chi connectivity index (χ0n) is 21.2. The number of aromatic nitrogens is 1. The number of nitrogen functional groups attached to an aromatic ring is 1. The zero-order chi connectivity index (χ0) is 26.5. The van der Waals surface area contributed by atoms with Crippen LogP contribution in [-0.4, -0.2) is 59.5 Å². The van der Waals surface area contributed by atoms with Crippen LogP contribution in [0.3, 0.4) is 0 Å². The maximum Gasteiger partial charge on any atom is 0.260 e. The highest BCUT2D eigenvalue weighted by Crippen LogP contribution is 2.31. The topological polar surface area (TPSA) is 80.9 Å². The Kier molecular flexibility index (Phi) is 8.57. The van der Waals surface area contributed by atoms with Gasteiger partial charge in [-0.3, -0.25) is 4.79 Å². The fraction of sp³-hybridized carbons (Fsp3) is 0.379. The van der Waals surface area contributed by atoms with Gasteiger partial charge in [-0.15, -0.1) is 0 Å². The van der Waals surface area contributed by atoms with E-state index < -0.39 is 0 Å². The number of rotatable bonds is 9. The van der Waals surface area contributed by atoms with Crippen LogP contribution < -0.4 is 15.2 Å². The van der Waals surface area contributed by atoms with Crippen molar-refractivity contribution in [2.75, 3.05) is 38.5 Å². The smallest absolute Gasteiger partial charge is 0.260 e. The van der Waals surface area contributed by atoms with Gasteiger partial charge in [0.05, 0.1) is 0 Å². The minimum Gasteiger partial charge on any atom is -0.485 e. The Morgan fingerprint density at radius 1 is 0.974 bits per heavy atom. The molecule has 9 heteroatoms. The second-order valence-electron chi connectivity index (χ2n) is 9.80. The van der Waals surface area contributed by atoms with Crippen molar-refractivity contribution in [2.24, 2.45) is 0 Å². The van der Waals surface area contributed by atoms with E-state index in [4.69, 9.17) is 38.4 Å². The van der Waals surface area contributed by atoms with Gasteiger partial charge < -0.3 is 25.0 Å². The number of anilines is 1. The molecule has 1 amide bonds. The van der Waals surface area contributed by atoms with Crippen LogP contribution in [-0.2, 0) is 11.4 Å². The van der Waals surface area contributed by atoms with Crippen molar-refractivity contribution < 1.29 is 14.3 Å². The average Bonchev–Trinajstić information content (AvgIpc) is 3.61. The Labute approximate surface area is 233 Å². The lowest BCUT2D eigenvalue weighted by molar-refractivity contribution is -0.134. The molecule has 2 aliphatic heterocycles. The van der Waals surface area contributed by atoms with Gasteiger partial charge in [0.1, 0.15) is 12.4 Å². The summed E-state index contributed by atoms with van der Waals surface area (Å²) in [4.78, 5) is 21.7. The Balaban J connectivity index is 1.18. The van der Waals surface area contributed by atoms with Crippen molar-refractivity contribution in [1.82, 2.24) is 14.8 Å². The summed E-state index contributed by atoms with van der Waals surface area (Å²) in [5.74, 6) is 1.42. The van der Waals surface area contributed by atoms with E-state index in [1.165, 1.54) is 12.8 Å². The third-order valence-corrected chi connectivity index (χ3v) is 7.94. The van der Waals surface area contributed by atoms with Gasteiger partial charge in [-0.05, 0) is 74.7 Å². The molecule has 0 bridgehead atoms. The summed E-state index contributed by atoms with van der Waals surface area (Å²) >= 11 is 12.5. The van der Waals surface area contributed by atoms with Crippen LogP contribution in [0, 0.1) is 0 Å². The van der Waals surface area contributed by atoms with Crippen molar-refractivity contribution in [2.45, 2.75) is 38.3 Å². The number of benzene rings is 2. The number of nitrogens with two attached hydrogens (primary N) is 1. The molecule has 3 aromatic rings. The van der Waals surface area contributed by atoms with E-state index in [0.29, 0.717) is 33.1 Å². The highest BCUT2D eigenvalue weighted by atomic mass is 35.5. The lowest BCUT2D eigenvalue weighted by Crippen LogP contribution is -2.44. The predicted octanol–water partition coefficient (Wildman–Crippen LogP) is 5.68. The zero-order valence-corrected chi connectivity index (χ0v) is 22.8. The number of carbonyl (C=O) groups excluding carboxylic acids is 1. The van der Waals surface area contributed by atoms with Gasteiger partial charge in [0.25, 0.3) is 5.91 Å². The van der Waals surface area contributed by atoms with Gasteiger partial charge in [0.2, 0.25) is 0 Å². The van der Waals surface area contributed by atoms with E-state index in [-0.39, 0.29) is 24.9 Å². The monoisotopic (exact) mass is 554 g/mol. The number of hydrogen-bond acceptors (Lipinski definition) is 6. The number of halogens is 2. The number of ether oxygens (including phenoxy) is 2. The summed E-state index contributed by atoms with van der Waals surface area (Å²) < 4.78 is 11.8. The molecule has 3 heterocycles. The first-order chi connectivity index (χ1) is 18.5. The molecule has 2 aromatic carbocycles. The minimum atomic E-state index is 0.0435. The summed E-state index contributed by atoms with van der Waals surface area (Å²) in [7, 11) is 0. The molecule has 2 saturated heterocycles. The van der Waals surface area contributed by atoms with Gasteiger partial charge in [0.15, 0.2) is 18.2 Å². The Morgan fingerprint density at radius 2 is 1.71 bits per heavy atom. The summed E-state index contributed by atoms with van der Waals surface area (Å²) in [6.07, 6.45) is 6.35. The van der Waals surface area contributed by atoms with Gasteiger partial charge in [0, 0.05) is 46.5 Å². The van der Waals surface area contributed by atoms with Gasteiger partial charge in [-0.2, -0.15) is 0 Å². The van der Waals surface area contributed by atoms with E-state index >= 15 is 0 Å². The first kappa shape index (κ1) is 26.6. The third-order valence-electron chi connectivity index (χ3n) is 7.23. The maximum absolute atomic E-state index is 12.9. The van der Waals surface area contributed by atoms with E-state index in [1.54, 1.807) is 24.4 Å². The normalized spacial score (nSPS) is 17.6. The van der Waals surface area contributed by atoms with Crippen LogP contribution in [0.1, 0.15) is 31.2 Å². The van der Waals surface area contributed by atoms with Crippen molar-refractivity contribution in [3.05, 3.63) is 70.3 Å². The van der Waals surface area contributed by atoms with E-state index in [2.05, 4.69) is 9.88 Å². The highest BCUT2D eigenvalue weighted by Gasteiger charge is 2.30. The second kappa shape index (κ2) is 12.2. The van der Waals surface area contributed by atoms with Gasteiger partial charge in [-0.25, -0.2) is 4.98 Å². The van der Waals surface area contributed by atoms with Crippen LogP contribution in [0.2, 0.25) is 10.0 Å². The number of pyridine rings is 1. The van der Waals surface area contributed by atoms with Crippen molar-refractivity contribution in [3.63, 3.8) is 0 Å². The molecule has 1 atom stereocenters. The van der Waals surface area contributed by atoms with Crippen molar-refractivity contribution in [3.8, 4) is 22.6 Å². The molecule has 1 aromatic heterocycles. The molecule has 200 valence electrons. The second-order valence-corrected chi connectivity index (χ2v) is 10.6. The first-order valence-electron chi connectivity index (χ1n) is 13.0. The Morgan fingerprint density at radius 3 is 2.45 bits per heavy atom. The minimum absolute atomic E-state index is 0.0435. The molecule has 1 unspecified atom stereocenters. The molecule has 0 saturated carbocycles. The fourth-order valence-electron chi connectivity index (χ4n) is 5.14. The van der Waals surface area contributed by atoms with Crippen molar-refractivity contribution in [1.29, 1.82) is 0 Å². The predicted molar refractivity (Wildman–Crippen MR) is 151 cm³/mol. The van der Waals surface area contributed by atoms with Crippen molar-refractivity contribution >= 4 is 34.9 Å². The third kappa shape index (κ3) is 6.34. The number of amides is 1. The van der Waals surface area contributed by atoms with E-state index in [0.717, 1.165) is 50.1 Å². The molecular weight excluding hydrogens is 523 g/mol. The number of carbonyl (C=O) groups is 1. The van der Waals surface area contributed by atoms with E-state index in [1.807, 2.05) is 35.2 Å². The molecule has 0 spiro atoms. The fourth-order valence-corrected chi connectivity index (χ4v) is 5.64. The van der Waals surface area contributed by atoms with Crippen LogP contribution in [0.15, 0.2) is 54.7 Å². The molecule has 5 rings (SSSR count). The summed E-state index contributed by atoms with van der Waals surface area (Å²) in [5, 5.41) is 1.06. The molecule has 0 radical (unpaired) electrons. The average molecular weight is 556 g/mol. The summed E-state index contributed by atoms with van der Waals surface area (Å²) in [5.41, 5.74) is 8.49. The highest BCUT2D eigenvalue weighted by molar-refractivity contribution is 6.35. The van der Waals surface area contributed by atoms with Crippen LogP contribution >= 0.6 is 23.2 Å². The summed E-state index contributed by atoms with van der Waals surface area (Å²) in [6, 6.07) is 15.0. The largest absolute Gasteiger partial charge is 0.485 e. The van der Waals surface area contributed by atoms with Crippen LogP contribution in [0.4, 0.5) is 5.82 Å². The molecule has 7 nitrogen and oxygen atoms in total. The lowest BCUT2D eigenvalue weighted by atomic mass is 10.1.